The number of carbonyl (C=O) groups is 2. The lowest BCUT2D eigenvalue weighted by Gasteiger charge is -2.32. The van der Waals surface area contributed by atoms with Gasteiger partial charge in [-0.05, 0) is 38.2 Å². The summed E-state index contributed by atoms with van der Waals surface area (Å²) in [6, 6.07) is 1.40. The molecule has 6 heteroatoms. The molecule has 0 unspecified atom stereocenters. The largest absolute Gasteiger partial charge is 0.480 e. The van der Waals surface area contributed by atoms with E-state index in [9.17, 15) is 14.7 Å². The van der Waals surface area contributed by atoms with Crippen LogP contribution >= 0.6 is 0 Å². The average molecular weight is 291 g/mol. The van der Waals surface area contributed by atoms with Crippen LogP contribution in [0.3, 0.4) is 0 Å². The third kappa shape index (κ3) is 2.80. The lowest BCUT2D eigenvalue weighted by Crippen LogP contribution is -2.48. The molecule has 1 amide bonds. The van der Waals surface area contributed by atoms with Crippen LogP contribution in [0.25, 0.3) is 0 Å². The summed E-state index contributed by atoms with van der Waals surface area (Å²) >= 11 is 0. The number of nitrogens with zero attached hydrogens (tertiary/aromatic N) is 3. The van der Waals surface area contributed by atoms with E-state index in [0.717, 1.165) is 25.7 Å². The van der Waals surface area contributed by atoms with E-state index in [0.29, 0.717) is 24.7 Å². The van der Waals surface area contributed by atoms with Crippen molar-refractivity contribution in [2.45, 2.75) is 57.0 Å². The standard InChI is InChI=1S/C15H21N3O3/c19-14(17-9-4-3-7-13(17)15(20)21)12-8-10-18(16-12)11-5-1-2-6-11/h8,10-11,13H,1-7,9H2,(H,20,21)/t13-/m1/s1. The van der Waals surface area contributed by atoms with E-state index in [1.54, 1.807) is 6.07 Å². The van der Waals surface area contributed by atoms with Gasteiger partial charge in [-0.15, -0.1) is 0 Å². The summed E-state index contributed by atoms with van der Waals surface area (Å²) in [5.41, 5.74) is 0.370. The maximum Gasteiger partial charge on any atom is 0.326 e. The van der Waals surface area contributed by atoms with Gasteiger partial charge in [0.1, 0.15) is 11.7 Å². The van der Waals surface area contributed by atoms with E-state index in [4.69, 9.17) is 0 Å². The summed E-state index contributed by atoms with van der Waals surface area (Å²) in [5, 5.41) is 13.7. The van der Waals surface area contributed by atoms with Crippen LogP contribution in [0, 0.1) is 0 Å². The Hall–Kier alpha value is -1.85. The Morgan fingerprint density at radius 3 is 2.57 bits per heavy atom. The van der Waals surface area contributed by atoms with Crippen LogP contribution in [0.1, 0.15) is 61.5 Å². The van der Waals surface area contributed by atoms with Gasteiger partial charge in [0.25, 0.3) is 5.91 Å². The van der Waals surface area contributed by atoms with Crippen LogP contribution in [-0.2, 0) is 4.79 Å². The van der Waals surface area contributed by atoms with Gasteiger partial charge in [-0.25, -0.2) is 4.79 Å². The number of carbonyl (C=O) groups excluding carboxylic acids is 1. The van der Waals surface area contributed by atoms with Gasteiger partial charge in [0.15, 0.2) is 0 Å². The smallest absolute Gasteiger partial charge is 0.326 e. The summed E-state index contributed by atoms with van der Waals surface area (Å²) in [5.74, 6) is -1.17. The van der Waals surface area contributed by atoms with E-state index in [1.807, 2.05) is 10.9 Å². The molecule has 2 fully saturated rings. The van der Waals surface area contributed by atoms with Crippen LogP contribution in [0.2, 0.25) is 0 Å². The fraction of sp³-hybridized carbons (Fsp3) is 0.667. The second-order valence-electron chi connectivity index (χ2n) is 5.97. The molecule has 21 heavy (non-hydrogen) atoms. The fourth-order valence-corrected chi connectivity index (χ4v) is 3.40. The summed E-state index contributed by atoms with van der Waals surface area (Å²) in [6.07, 6.45) is 8.74. The zero-order chi connectivity index (χ0) is 14.8. The highest BCUT2D eigenvalue weighted by molar-refractivity contribution is 5.95. The molecule has 1 atom stereocenters. The predicted octanol–water partition coefficient (Wildman–Crippen LogP) is 2.08. The molecule has 2 heterocycles. The van der Waals surface area contributed by atoms with Gasteiger partial charge in [-0.3, -0.25) is 9.48 Å². The molecule has 1 aromatic rings. The van der Waals surface area contributed by atoms with Crippen molar-refractivity contribution < 1.29 is 14.7 Å². The second-order valence-corrected chi connectivity index (χ2v) is 5.97. The fourth-order valence-electron chi connectivity index (χ4n) is 3.40. The highest BCUT2D eigenvalue weighted by Gasteiger charge is 2.33. The normalized spacial score (nSPS) is 23.4. The Bertz CT molecular complexity index is 534. The minimum atomic E-state index is -0.918. The van der Waals surface area contributed by atoms with Gasteiger partial charge in [0.05, 0.1) is 6.04 Å². The van der Waals surface area contributed by atoms with Gasteiger partial charge in [-0.1, -0.05) is 12.8 Å². The van der Waals surface area contributed by atoms with Gasteiger partial charge >= 0.3 is 5.97 Å². The van der Waals surface area contributed by atoms with Crippen molar-refractivity contribution in [1.29, 1.82) is 0 Å². The number of rotatable bonds is 3. The van der Waals surface area contributed by atoms with Crippen LogP contribution in [-0.4, -0.2) is 44.3 Å². The molecule has 114 valence electrons. The zero-order valence-electron chi connectivity index (χ0n) is 12.1. The SMILES string of the molecule is O=C(O)[C@H]1CCCCN1C(=O)c1ccn(C2CCCC2)n1. The van der Waals surface area contributed by atoms with E-state index in [-0.39, 0.29) is 5.91 Å². The van der Waals surface area contributed by atoms with Crippen LogP contribution in [0.5, 0.6) is 0 Å². The minimum Gasteiger partial charge on any atom is -0.480 e. The van der Waals surface area contributed by atoms with Crippen LogP contribution in [0.15, 0.2) is 12.3 Å². The molecule has 1 aliphatic carbocycles. The van der Waals surface area contributed by atoms with Crippen molar-refractivity contribution in [2.24, 2.45) is 0 Å². The molecular weight excluding hydrogens is 270 g/mol. The van der Waals surface area contributed by atoms with Gasteiger partial charge in [0.2, 0.25) is 0 Å². The van der Waals surface area contributed by atoms with E-state index >= 15 is 0 Å². The number of amides is 1. The number of aromatic nitrogens is 2. The zero-order valence-corrected chi connectivity index (χ0v) is 12.1. The van der Waals surface area contributed by atoms with E-state index in [1.165, 1.54) is 17.7 Å². The van der Waals surface area contributed by atoms with Crippen molar-refractivity contribution in [3.8, 4) is 0 Å². The second kappa shape index (κ2) is 5.87. The summed E-state index contributed by atoms with van der Waals surface area (Å²) in [7, 11) is 0. The number of likely N-dealkylation sites (tertiary alicyclic amines) is 1. The highest BCUT2D eigenvalue weighted by Crippen LogP contribution is 2.29. The van der Waals surface area contributed by atoms with Crippen molar-refractivity contribution in [3.05, 3.63) is 18.0 Å². The highest BCUT2D eigenvalue weighted by atomic mass is 16.4. The third-order valence-electron chi connectivity index (χ3n) is 4.57. The molecule has 2 aliphatic rings. The Labute approximate surface area is 123 Å². The lowest BCUT2D eigenvalue weighted by atomic mass is 10.0. The monoisotopic (exact) mass is 291 g/mol. The first-order valence-corrected chi connectivity index (χ1v) is 7.76. The van der Waals surface area contributed by atoms with E-state index in [2.05, 4.69) is 5.10 Å². The number of piperidine rings is 1. The Morgan fingerprint density at radius 1 is 1.14 bits per heavy atom. The van der Waals surface area contributed by atoms with Crippen molar-refractivity contribution in [3.63, 3.8) is 0 Å². The molecule has 0 aromatic carbocycles. The number of aliphatic carboxylic acids is 1. The van der Waals surface area contributed by atoms with Crippen molar-refractivity contribution >= 4 is 11.9 Å². The maximum absolute atomic E-state index is 12.5. The molecule has 6 nitrogen and oxygen atoms in total. The lowest BCUT2D eigenvalue weighted by molar-refractivity contribution is -0.143. The quantitative estimate of drug-likeness (QED) is 0.925. The summed E-state index contributed by atoms with van der Waals surface area (Å²) in [6.45, 7) is 0.506. The number of hydrogen-bond donors (Lipinski definition) is 1. The first kappa shape index (κ1) is 14.1. The van der Waals surface area contributed by atoms with Crippen LogP contribution < -0.4 is 0 Å². The maximum atomic E-state index is 12.5. The van der Waals surface area contributed by atoms with E-state index < -0.39 is 12.0 Å². The first-order chi connectivity index (χ1) is 10.2. The minimum absolute atomic E-state index is 0.251. The van der Waals surface area contributed by atoms with Gasteiger partial charge in [0, 0.05) is 12.7 Å². The number of carboxylic acids is 1. The summed E-state index contributed by atoms with van der Waals surface area (Å²) < 4.78 is 1.87. The molecule has 0 spiro atoms. The molecular formula is C15H21N3O3. The number of hydrogen-bond acceptors (Lipinski definition) is 3. The van der Waals surface area contributed by atoms with Crippen molar-refractivity contribution in [1.82, 2.24) is 14.7 Å². The molecule has 1 N–H and O–H groups in total. The van der Waals surface area contributed by atoms with Gasteiger partial charge in [-0.2, -0.15) is 5.10 Å². The molecule has 1 saturated heterocycles. The topological polar surface area (TPSA) is 75.4 Å². The van der Waals surface area contributed by atoms with Crippen LogP contribution in [0.4, 0.5) is 0 Å². The van der Waals surface area contributed by atoms with Crippen molar-refractivity contribution in [2.75, 3.05) is 6.54 Å². The number of carboxylic acid groups (broad SMARTS) is 1. The molecule has 1 saturated carbocycles. The molecule has 3 rings (SSSR count). The third-order valence-corrected chi connectivity index (χ3v) is 4.57. The Kier molecular flexibility index (Phi) is 3.94. The molecule has 1 aliphatic heterocycles. The molecule has 0 bridgehead atoms. The summed E-state index contributed by atoms with van der Waals surface area (Å²) in [4.78, 5) is 25.3. The molecule has 1 aromatic heterocycles. The first-order valence-electron chi connectivity index (χ1n) is 7.76. The predicted molar refractivity (Wildman–Crippen MR) is 76.0 cm³/mol. The molecule has 0 radical (unpaired) electrons. The van der Waals surface area contributed by atoms with Gasteiger partial charge < -0.3 is 10.0 Å². The average Bonchev–Trinajstić information content (AvgIpc) is 3.17. The Balaban J connectivity index is 1.76. The Morgan fingerprint density at radius 2 is 1.86 bits per heavy atom.